The maximum absolute atomic E-state index is 12.8. The van der Waals surface area contributed by atoms with Crippen molar-refractivity contribution in [2.75, 3.05) is 36.8 Å². The molecule has 0 saturated heterocycles. The third-order valence-corrected chi connectivity index (χ3v) is 4.89. The van der Waals surface area contributed by atoms with Gasteiger partial charge >= 0.3 is 6.03 Å². The molecule has 0 radical (unpaired) electrons. The standard InChI is InChI=1S/C20H25Cl2N5O3/c1-6-7-8-12(2)25-15-10-16(24-11-23-15)27(3)20(28)26-19-17(21)13(29-4)9-14(30-5)18(19)22/h7-12H,6H2,1-5H3,(H,26,28)(H,23,24,25)/b8-7-. The zero-order valence-corrected chi connectivity index (χ0v) is 19.0. The van der Waals surface area contributed by atoms with Crippen LogP contribution in [0.2, 0.25) is 10.0 Å². The van der Waals surface area contributed by atoms with E-state index in [9.17, 15) is 4.79 Å². The van der Waals surface area contributed by atoms with E-state index in [-0.39, 0.29) is 21.8 Å². The molecule has 0 spiro atoms. The average Bonchev–Trinajstić information content (AvgIpc) is 2.74. The molecule has 2 aromatic rings. The molecule has 1 unspecified atom stereocenters. The summed E-state index contributed by atoms with van der Waals surface area (Å²) < 4.78 is 10.4. The van der Waals surface area contributed by atoms with E-state index in [2.05, 4.69) is 33.6 Å². The van der Waals surface area contributed by atoms with E-state index >= 15 is 0 Å². The Labute approximate surface area is 186 Å². The van der Waals surface area contributed by atoms with Crippen LogP contribution >= 0.6 is 23.2 Å². The lowest BCUT2D eigenvalue weighted by Crippen LogP contribution is -2.32. The Morgan fingerprint density at radius 3 is 2.40 bits per heavy atom. The summed E-state index contributed by atoms with van der Waals surface area (Å²) in [5.74, 6) is 1.61. The van der Waals surface area contributed by atoms with Crippen LogP contribution < -0.4 is 25.0 Å². The predicted molar refractivity (Wildman–Crippen MR) is 122 cm³/mol. The highest BCUT2D eigenvalue weighted by molar-refractivity contribution is 6.41. The van der Waals surface area contributed by atoms with Crippen LogP contribution in [-0.4, -0.2) is 43.3 Å². The minimum absolute atomic E-state index is 0.0775. The Bertz CT molecular complexity index is 895. The highest BCUT2D eigenvalue weighted by atomic mass is 35.5. The van der Waals surface area contributed by atoms with Crippen molar-refractivity contribution >= 4 is 46.6 Å². The Morgan fingerprint density at radius 1 is 1.20 bits per heavy atom. The fourth-order valence-electron chi connectivity index (χ4n) is 2.52. The summed E-state index contributed by atoms with van der Waals surface area (Å²) in [7, 11) is 4.48. The number of methoxy groups -OCH3 is 2. The number of hydrogen-bond donors (Lipinski definition) is 2. The number of rotatable bonds is 8. The Kier molecular flexibility index (Phi) is 8.56. The molecule has 2 N–H and O–H groups in total. The summed E-state index contributed by atoms with van der Waals surface area (Å²) in [5, 5.41) is 6.24. The van der Waals surface area contributed by atoms with E-state index < -0.39 is 6.03 Å². The van der Waals surface area contributed by atoms with Gasteiger partial charge in [-0.25, -0.2) is 14.8 Å². The molecule has 0 aliphatic carbocycles. The van der Waals surface area contributed by atoms with Crippen molar-refractivity contribution in [3.8, 4) is 11.5 Å². The Morgan fingerprint density at radius 2 is 1.83 bits per heavy atom. The van der Waals surface area contributed by atoms with Crippen LogP contribution in [0.4, 0.5) is 22.1 Å². The third kappa shape index (κ3) is 5.67. The van der Waals surface area contributed by atoms with Crippen molar-refractivity contribution < 1.29 is 14.3 Å². The van der Waals surface area contributed by atoms with Crippen LogP contribution in [0.1, 0.15) is 20.3 Å². The highest BCUT2D eigenvalue weighted by Crippen LogP contribution is 2.44. The molecule has 0 fully saturated rings. The normalized spacial score (nSPS) is 11.8. The second-order valence-electron chi connectivity index (χ2n) is 6.30. The van der Waals surface area contributed by atoms with E-state index in [1.165, 1.54) is 25.4 Å². The topological polar surface area (TPSA) is 88.6 Å². The summed E-state index contributed by atoms with van der Waals surface area (Å²) in [4.78, 5) is 22.5. The summed E-state index contributed by atoms with van der Waals surface area (Å²) in [6.07, 6.45) is 6.43. The summed E-state index contributed by atoms with van der Waals surface area (Å²) in [6.45, 7) is 4.07. The monoisotopic (exact) mass is 453 g/mol. The van der Waals surface area contributed by atoms with Gasteiger partial charge in [0.25, 0.3) is 0 Å². The van der Waals surface area contributed by atoms with Crippen LogP contribution in [0.15, 0.2) is 30.6 Å². The molecule has 162 valence electrons. The van der Waals surface area contributed by atoms with Crippen LogP contribution in [0.3, 0.4) is 0 Å². The molecular formula is C20H25Cl2N5O3. The highest BCUT2D eigenvalue weighted by Gasteiger charge is 2.21. The van der Waals surface area contributed by atoms with Gasteiger partial charge in [0.2, 0.25) is 0 Å². The van der Waals surface area contributed by atoms with Crippen molar-refractivity contribution in [1.82, 2.24) is 9.97 Å². The number of aromatic nitrogens is 2. The number of allylic oxidation sites excluding steroid dienone is 1. The van der Waals surface area contributed by atoms with Gasteiger partial charge in [-0.1, -0.05) is 42.3 Å². The zero-order chi connectivity index (χ0) is 22.3. The quantitative estimate of drug-likeness (QED) is 0.531. The molecule has 2 rings (SSSR count). The first kappa shape index (κ1) is 23.6. The molecule has 10 heteroatoms. The minimum Gasteiger partial charge on any atom is -0.495 e. The predicted octanol–water partition coefficient (Wildman–Crippen LogP) is 5.24. The number of halogens is 2. The van der Waals surface area contributed by atoms with Crippen molar-refractivity contribution in [3.05, 3.63) is 40.7 Å². The van der Waals surface area contributed by atoms with Crippen LogP contribution in [0, 0.1) is 0 Å². The lowest BCUT2D eigenvalue weighted by Gasteiger charge is -2.20. The van der Waals surface area contributed by atoms with Gasteiger partial charge < -0.3 is 20.1 Å². The molecule has 1 aromatic heterocycles. The third-order valence-electron chi connectivity index (χ3n) is 4.14. The molecule has 8 nitrogen and oxygen atoms in total. The number of nitrogens with one attached hydrogen (secondary N) is 2. The summed E-state index contributed by atoms with van der Waals surface area (Å²) in [6, 6.07) is 2.79. The maximum atomic E-state index is 12.8. The minimum atomic E-state index is -0.502. The van der Waals surface area contributed by atoms with Crippen LogP contribution in [0.5, 0.6) is 11.5 Å². The second kappa shape index (κ2) is 10.9. The number of benzene rings is 1. The molecule has 0 saturated carbocycles. The first-order chi connectivity index (χ1) is 14.3. The molecule has 30 heavy (non-hydrogen) atoms. The fourth-order valence-corrected chi connectivity index (χ4v) is 3.12. The first-order valence-corrected chi connectivity index (χ1v) is 9.97. The lowest BCUT2D eigenvalue weighted by molar-refractivity contribution is 0.258. The average molecular weight is 454 g/mol. The molecule has 1 atom stereocenters. The van der Waals surface area contributed by atoms with Gasteiger partial charge in [-0.05, 0) is 13.3 Å². The number of nitrogens with zero attached hydrogens (tertiary/aromatic N) is 3. The zero-order valence-electron chi connectivity index (χ0n) is 17.5. The SMILES string of the molecule is CC/C=C\C(C)Nc1cc(N(C)C(=O)Nc2c(Cl)c(OC)cc(OC)c2Cl)ncn1. The first-order valence-electron chi connectivity index (χ1n) is 9.22. The number of carbonyl (C=O) groups excluding carboxylic acids is 1. The smallest absolute Gasteiger partial charge is 0.327 e. The maximum Gasteiger partial charge on any atom is 0.327 e. The van der Waals surface area contributed by atoms with Crippen molar-refractivity contribution in [3.63, 3.8) is 0 Å². The number of anilines is 3. The van der Waals surface area contributed by atoms with Gasteiger partial charge in [0, 0.05) is 25.2 Å². The molecule has 0 aliphatic rings. The van der Waals surface area contributed by atoms with Crippen molar-refractivity contribution in [1.29, 1.82) is 0 Å². The van der Waals surface area contributed by atoms with Crippen molar-refractivity contribution in [2.45, 2.75) is 26.3 Å². The Balaban J connectivity index is 2.23. The summed E-state index contributed by atoms with van der Waals surface area (Å²) in [5.41, 5.74) is 0.178. The van der Waals surface area contributed by atoms with Crippen molar-refractivity contribution in [2.24, 2.45) is 0 Å². The molecule has 1 aromatic carbocycles. The van der Waals surface area contributed by atoms with Gasteiger partial charge in [-0.2, -0.15) is 0 Å². The number of amides is 2. The van der Waals surface area contributed by atoms with E-state index in [1.54, 1.807) is 19.2 Å². The lowest BCUT2D eigenvalue weighted by atomic mass is 10.2. The van der Waals surface area contributed by atoms with Gasteiger partial charge in [0.1, 0.15) is 39.5 Å². The van der Waals surface area contributed by atoms with Crippen LogP contribution in [-0.2, 0) is 0 Å². The van der Waals surface area contributed by atoms with Gasteiger partial charge in [-0.15, -0.1) is 0 Å². The van der Waals surface area contributed by atoms with Gasteiger partial charge in [0.15, 0.2) is 0 Å². The largest absolute Gasteiger partial charge is 0.495 e. The van der Waals surface area contributed by atoms with E-state index in [4.69, 9.17) is 32.7 Å². The van der Waals surface area contributed by atoms with Gasteiger partial charge in [-0.3, -0.25) is 4.90 Å². The van der Waals surface area contributed by atoms with E-state index in [1.807, 2.05) is 13.0 Å². The van der Waals surface area contributed by atoms with E-state index in [0.29, 0.717) is 23.1 Å². The second-order valence-corrected chi connectivity index (χ2v) is 7.06. The Hall–Kier alpha value is -2.71. The van der Waals surface area contributed by atoms with Crippen LogP contribution in [0.25, 0.3) is 0 Å². The molecule has 1 heterocycles. The molecule has 0 bridgehead atoms. The molecule has 2 amide bonds. The molecular weight excluding hydrogens is 429 g/mol. The number of ether oxygens (including phenoxy) is 2. The fraction of sp³-hybridized carbons (Fsp3) is 0.350. The molecule has 0 aliphatic heterocycles. The number of urea groups is 1. The summed E-state index contributed by atoms with van der Waals surface area (Å²) >= 11 is 12.6. The van der Waals surface area contributed by atoms with E-state index in [0.717, 1.165) is 6.42 Å². The number of hydrogen-bond acceptors (Lipinski definition) is 6. The number of carbonyl (C=O) groups is 1. The van der Waals surface area contributed by atoms with Gasteiger partial charge in [0.05, 0.1) is 19.9 Å².